The van der Waals surface area contributed by atoms with Crippen molar-refractivity contribution in [1.82, 2.24) is 10.2 Å². The Morgan fingerprint density at radius 1 is 1.27 bits per heavy atom. The van der Waals surface area contributed by atoms with E-state index in [2.05, 4.69) is 10.2 Å². The first-order chi connectivity index (χ1) is 7.20. The summed E-state index contributed by atoms with van der Waals surface area (Å²) in [5.41, 5.74) is 0.884. The molecule has 0 aliphatic carbocycles. The zero-order valence-electron chi connectivity index (χ0n) is 8.00. The minimum atomic E-state index is -0.461. The van der Waals surface area contributed by atoms with E-state index in [1.54, 1.807) is 6.07 Å². The van der Waals surface area contributed by atoms with Crippen molar-refractivity contribution in [3.05, 3.63) is 40.4 Å². The van der Waals surface area contributed by atoms with E-state index < -0.39 is 5.82 Å². The molecule has 0 unspecified atom stereocenters. The van der Waals surface area contributed by atoms with Gasteiger partial charge in [-0.2, -0.15) is 0 Å². The number of H-pyrrole nitrogens is 2. The van der Waals surface area contributed by atoms with Crippen LogP contribution in [-0.4, -0.2) is 17.3 Å². The van der Waals surface area contributed by atoms with Crippen LogP contribution in [0.4, 0.5) is 4.39 Å². The van der Waals surface area contributed by atoms with E-state index in [4.69, 9.17) is 4.74 Å². The van der Waals surface area contributed by atoms with Crippen molar-refractivity contribution < 1.29 is 9.13 Å². The van der Waals surface area contributed by atoms with Crippen LogP contribution < -0.4 is 10.3 Å². The molecule has 1 aromatic carbocycles. The van der Waals surface area contributed by atoms with Crippen LogP contribution in [0.5, 0.6) is 5.75 Å². The SMILES string of the molecule is COc1ccc(-c2cc(=O)[nH][nH]2)cc1F. The molecule has 0 saturated carbocycles. The lowest BCUT2D eigenvalue weighted by Crippen LogP contribution is -1.93. The standard InChI is InChI=1S/C10H9FN2O2/c1-15-9-3-2-6(4-7(9)11)8-5-10(14)13-12-8/h2-5H,1H3,(H2,12,13,14). The van der Waals surface area contributed by atoms with Gasteiger partial charge in [0.2, 0.25) is 0 Å². The quantitative estimate of drug-likeness (QED) is 0.786. The van der Waals surface area contributed by atoms with E-state index in [9.17, 15) is 9.18 Å². The summed E-state index contributed by atoms with van der Waals surface area (Å²) >= 11 is 0. The summed E-state index contributed by atoms with van der Waals surface area (Å²) in [6.45, 7) is 0. The van der Waals surface area contributed by atoms with Crippen LogP contribution in [0, 0.1) is 5.82 Å². The smallest absolute Gasteiger partial charge is 0.264 e. The maximum absolute atomic E-state index is 13.3. The maximum Gasteiger partial charge on any atom is 0.264 e. The van der Waals surface area contributed by atoms with Crippen LogP contribution >= 0.6 is 0 Å². The van der Waals surface area contributed by atoms with Gasteiger partial charge < -0.3 is 4.74 Å². The van der Waals surface area contributed by atoms with E-state index in [0.29, 0.717) is 11.3 Å². The Kier molecular flexibility index (Phi) is 2.29. The minimum absolute atomic E-state index is 0.177. The average molecular weight is 208 g/mol. The second-order valence-electron chi connectivity index (χ2n) is 3.02. The number of aromatic nitrogens is 2. The van der Waals surface area contributed by atoms with Crippen molar-refractivity contribution in [1.29, 1.82) is 0 Å². The molecule has 78 valence electrons. The molecule has 2 rings (SSSR count). The first-order valence-electron chi connectivity index (χ1n) is 4.32. The van der Waals surface area contributed by atoms with Gasteiger partial charge in [-0.25, -0.2) is 4.39 Å². The van der Waals surface area contributed by atoms with Gasteiger partial charge in [-0.1, -0.05) is 0 Å². The van der Waals surface area contributed by atoms with Crippen LogP contribution in [0.25, 0.3) is 11.3 Å². The highest BCUT2D eigenvalue weighted by atomic mass is 19.1. The van der Waals surface area contributed by atoms with Crippen LogP contribution in [0.3, 0.4) is 0 Å². The van der Waals surface area contributed by atoms with Gasteiger partial charge in [-0.15, -0.1) is 0 Å². The summed E-state index contributed by atoms with van der Waals surface area (Å²) in [5.74, 6) is -0.284. The highest BCUT2D eigenvalue weighted by Crippen LogP contribution is 2.23. The fraction of sp³-hybridized carbons (Fsp3) is 0.100. The summed E-state index contributed by atoms with van der Waals surface area (Å²) in [5, 5.41) is 5.02. The van der Waals surface area contributed by atoms with E-state index >= 15 is 0 Å². The summed E-state index contributed by atoms with van der Waals surface area (Å²) < 4.78 is 18.1. The third-order valence-electron chi connectivity index (χ3n) is 2.06. The highest BCUT2D eigenvalue weighted by Gasteiger charge is 2.06. The van der Waals surface area contributed by atoms with Crippen molar-refractivity contribution in [3.63, 3.8) is 0 Å². The molecular formula is C10H9FN2O2. The largest absolute Gasteiger partial charge is 0.494 e. The number of aromatic amines is 2. The van der Waals surface area contributed by atoms with Gasteiger partial charge in [-0.05, 0) is 18.2 Å². The molecule has 1 aromatic heterocycles. The lowest BCUT2D eigenvalue weighted by molar-refractivity contribution is 0.386. The zero-order chi connectivity index (χ0) is 10.8. The second-order valence-corrected chi connectivity index (χ2v) is 3.02. The Bertz CT molecular complexity index is 530. The number of halogens is 1. The molecular weight excluding hydrogens is 199 g/mol. The predicted octanol–water partition coefficient (Wildman–Crippen LogP) is 1.52. The normalized spacial score (nSPS) is 10.3. The fourth-order valence-corrected chi connectivity index (χ4v) is 1.32. The molecule has 0 aliphatic rings. The molecule has 0 aliphatic heterocycles. The molecule has 0 saturated heterocycles. The lowest BCUT2D eigenvalue weighted by atomic mass is 10.1. The van der Waals surface area contributed by atoms with E-state index in [1.165, 1.54) is 25.3 Å². The van der Waals surface area contributed by atoms with Crippen LogP contribution in [0.1, 0.15) is 0 Å². The predicted molar refractivity (Wildman–Crippen MR) is 53.4 cm³/mol. The maximum atomic E-state index is 13.3. The van der Waals surface area contributed by atoms with E-state index in [0.717, 1.165) is 0 Å². The molecule has 5 heteroatoms. The van der Waals surface area contributed by atoms with Gasteiger partial charge in [0.25, 0.3) is 5.56 Å². The molecule has 2 aromatic rings. The number of benzene rings is 1. The Morgan fingerprint density at radius 3 is 2.60 bits per heavy atom. The number of hydrogen-bond donors (Lipinski definition) is 2. The number of methoxy groups -OCH3 is 1. The van der Waals surface area contributed by atoms with Gasteiger partial charge in [0.05, 0.1) is 12.8 Å². The van der Waals surface area contributed by atoms with E-state index in [-0.39, 0.29) is 11.3 Å². The monoisotopic (exact) mass is 208 g/mol. The molecule has 0 radical (unpaired) electrons. The van der Waals surface area contributed by atoms with Crippen molar-refractivity contribution in [2.45, 2.75) is 0 Å². The molecule has 1 heterocycles. The second kappa shape index (κ2) is 3.61. The number of ether oxygens (including phenoxy) is 1. The first kappa shape index (κ1) is 9.51. The summed E-state index contributed by atoms with van der Waals surface area (Å²) in [6, 6.07) is 5.84. The van der Waals surface area contributed by atoms with Gasteiger partial charge >= 0.3 is 0 Å². The fourth-order valence-electron chi connectivity index (χ4n) is 1.32. The molecule has 2 N–H and O–H groups in total. The third-order valence-corrected chi connectivity index (χ3v) is 2.06. The van der Waals surface area contributed by atoms with Crippen LogP contribution in [-0.2, 0) is 0 Å². The van der Waals surface area contributed by atoms with Crippen molar-refractivity contribution in [2.75, 3.05) is 7.11 Å². The summed E-state index contributed by atoms with van der Waals surface area (Å²) in [6.07, 6.45) is 0. The van der Waals surface area contributed by atoms with Gasteiger partial charge in [-0.3, -0.25) is 15.0 Å². The number of rotatable bonds is 2. The third kappa shape index (κ3) is 1.76. The Hall–Kier alpha value is -2.04. The van der Waals surface area contributed by atoms with Gasteiger partial charge in [0.1, 0.15) is 0 Å². The number of hydrogen-bond acceptors (Lipinski definition) is 2. The summed E-state index contributed by atoms with van der Waals surface area (Å²) in [7, 11) is 1.40. The molecule has 0 spiro atoms. The number of nitrogens with one attached hydrogen (secondary N) is 2. The Balaban J connectivity index is 2.46. The summed E-state index contributed by atoms with van der Waals surface area (Å²) in [4.78, 5) is 10.9. The van der Waals surface area contributed by atoms with Crippen molar-refractivity contribution >= 4 is 0 Å². The first-order valence-corrected chi connectivity index (χ1v) is 4.32. The minimum Gasteiger partial charge on any atom is -0.494 e. The topological polar surface area (TPSA) is 57.9 Å². The van der Waals surface area contributed by atoms with Gasteiger partial charge in [0, 0.05) is 11.6 Å². The molecule has 15 heavy (non-hydrogen) atoms. The van der Waals surface area contributed by atoms with Gasteiger partial charge in [0.15, 0.2) is 11.6 Å². The molecule has 0 bridgehead atoms. The molecule has 0 fully saturated rings. The molecule has 0 atom stereocenters. The Labute approximate surface area is 84.7 Å². The molecule has 4 nitrogen and oxygen atoms in total. The Morgan fingerprint density at radius 2 is 2.07 bits per heavy atom. The van der Waals surface area contributed by atoms with Crippen molar-refractivity contribution in [3.8, 4) is 17.0 Å². The zero-order valence-corrected chi connectivity index (χ0v) is 8.00. The van der Waals surface area contributed by atoms with Crippen LogP contribution in [0.2, 0.25) is 0 Å². The van der Waals surface area contributed by atoms with E-state index in [1.807, 2.05) is 0 Å². The molecule has 0 amide bonds. The highest BCUT2D eigenvalue weighted by molar-refractivity contribution is 5.59. The lowest BCUT2D eigenvalue weighted by Gasteiger charge is -2.02. The van der Waals surface area contributed by atoms with Crippen molar-refractivity contribution in [2.24, 2.45) is 0 Å². The van der Waals surface area contributed by atoms with Crippen LogP contribution in [0.15, 0.2) is 29.1 Å². The average Bonchev–Trinajstić information content (AvgIpc) is 2.65.